The van der Waals surface area contributed by atoms with Crippen molar-refractivity contribution in [1.82, 2.24) is 9.13 Å². The molecule has 1 heterocycles. The van der Waals surface area contributed by atoms with Gasteiger partial charge < -0.3 is 4.57 Å². The van der Waals surface area contributed by atoms with Gasteiger partial charge in [0, 0.05) is 11.7 Å². The van der Waals surface area contributed by atoms with E-state index in [-0.39, 0.29) is 17.0 Å². The van der Waals surface area contributed by atoms with Gasteiger partial charge in [-0.1, -0.05) is 74.2 Å². The number of aromatic nitrogens is 2. The molecule has 0 saturated heterocycles. The van der Waals surface area contributed by atoms with Crippen LogP contribution in [0.2, 0.25) is 0 Å². The standard InChI is InChI=1S/C29H30N4O2/c1-21(20-22-12-8-9-13-22)32-25-18-10-11-19-26(25)33(24-16-6-3-7-17-24)29(35)27(28(32)34)31-30-23-14-4-2-5-15-23/h2-7,10-11,14-19,21-22,30H,8-9,12-13,20H2,1H3/b31-27-. The van der Waals surface area contributed by atoms with Gasteiger partial charge in [-0.3, -0.25) is 19.6 Å². The van der Waals surface area contributed by atoms with Crippen molar-refractivity contribution in [2.75, 3.05) is 5.43 Å². The predicted molar refractivity (Wildman–Crippen MR) is 141 cm³/mol. The molecule has 0 amide bonds. The molecular formula is C29H30N4O2. The molecule has 1 saturated carbocycles. The Kier molecular flexibility index (Phi) is 6.62. The van der Waals surface area contributed by atoms with Crippen LogP contribution in [0.5, 0.6) is 0 Å². The molecule has 3 aromatic carbocycles. The molecule has 1 unspecified atom stereocenters. The fourth-order valence-electron chi connectivity index (χ4n) is 5.22. The van der Waals surface area contributed by atoms with E-state index < -0.39 is 5.56 Å². The smallest absolute Gasteiger partial charge is 0.289 e. The van der Waals surface area contributed by atoms with E-state index in [4.69, 9.17) is 0 Å². The first-order valence-corrected chi connectivity index (χ1v) is 12.3. The molecular weight excluding hydrogens is 436 g/mol. The Bertz CT molecular complexity index is 1500. The Morgan fingerprint density at radius 2 is 1.43 bits per heavy atom. The number of benzene rings is 3. The second-order valence-corrected chi connectivity index (χ2v) is 9.31. The first-order valence-electron chi connectivity index (χ1n) is 12.3. The van der Waals surface area contributed by atoms with Gasteiger partial charge >= 0.3 is 0 Å². The lowest BCUT2D eigenvalue weighted by Gasteiger charge is -2.20. The summed E-state index contributed by atoms with van der Waals surface area (Å²) >= 11 is 0. The van der Waals surface area contributed by atoms with E-state index in [1.165, 1.54) is 25.7 Å². The van der Waals surface area contributed by atoms with Crippen molar-refractivity contribution in [1.29, 1.82) is 0 Å². The normalized spacial score (nSPS) is 15.4. The molecule has 5 rings (SSSR count). The second kappa shape index (κ2) is 10.1. The quantitative estimate of drug-likeness (QED) is 0.396. The molecule has 4 aromatic rings. The second-order valence-electron chi connectivity index (χ2n) is 9.31. The average molecular weight is 467 g/mol. The molecule has 0 aliphatic heterocycles. The molecule has 1 aliphatic carbocycles. The average Bonchev–Trinajstić information content (AvgIpc) is 3.37. The van der Waals surface area contributed by atoms with Gasteiger partial charge in [0.25, 0.3) is 11.1 Å². The fourth-order valence-corrected chi connectivity index (χ4v) is 5.22. The topological polar surface area (TPSA) is 68.4 Å². The van der Waals surface area contributed by atoms with Gasteiger partial charge in [-0.05, 0) is 55.7 Å². The Morgan fingerprint density at radius 3 is 2.11 bits per heavy atom. The largest absolute Gasteiger partial charge is 0.302 e. The minimum atomic E-state index is -0.451. The van der Waals surface area contributed by atoms with E-state index in [1.54, 1.807) is 9.13 Å². The fraction of sp³-hybridized carbons (Fsp3) is 0.276. The van der Waals surface area contributed by atoms with Crippen LogP contribution in [-0.4, -0.2) is 9.13 Å². The molecule has 6 heteroatoms. The summed E-state index contributed by atoms with van der Waals surface area (Å²) in [6.45, 7) is 2.08. The third-order valence-electron chi connectivity index (χ3n) is 6.88. The Hall–Kier alpha value is -3.93. The molecule has 1 fully saturated rings. The van der Waals surface area contributed by atoms with Gasteiger partial charge in [-0.15, -0.1) is 0 Å². The van der Waals surface area contributed by atoms with Crippen LogP contribution in [0.15, 0.2) is 99.6 Å². The highest BCUT2D eigenvalue weighted by Gasteiger charge is 2.22. The molecule has 1 aromatic heterocycles. The minimum Gasteiger partial charge on any atom is -0.302 e. The van der Waals surface area contributed by atoms with E-state index in [9.17, 15) is 9.59 Å². The molecule has 178 valence electrons. The first kappa shape index (κ1) is 22.8. The van der Waals surface area contributed by atoms with Gasteiger partial charge in [-0.25, -0.2) is 0 Å². The van der Waals surface area contributed by atoms with Crippen LogP contribution < -0.4 is 21.9 Å². The predicted octanol–water partition coefficient (Wildman–Crippen LogP) is 5.22. The van der Waals surface area contributed by atoms with Crippen LogP contribution in [0.3, 0.4) is 0 Å². The van der Waals surface area contributed by atoms with Gasteiger partial charge in [0.2, 0.25) is 5.36 Å². The number of nitrogens with one attached hydrogen (secondary N) is 1. The van der Waals surface area contributed by atoms with Gasteiger partial charge in [-0.2, -0.15) is 5.10 Å². The number of nitrogens with zero attached hydrogens (tertiary/aromatic N) is 3. The maximum absolute atomic E-state index is 14.0. The van der Waals surface area contributed by atoms with Crippen LogP contribution in [0.4, 0.5) is 5.69 Å². The summed E-state index contributed by atoms with van der Waals surface area (Å²) in [5.74, 6) is 0.594. The van der Waals surface area contributed by atoms with Crippen molar-refractivity contribution in [3.63, 3.8) is 0 Å². The lowest BCUT2D eigenvalue weighted by molar-refractivity contribution is 0.391. The number of rotatable bonds is 6. The first-order chi connectivity index (χ1) is 17.1. The summed E-state index contributed by atoms with van der Waals surface area (Å²) in [5, 5.41) is 4.25. The monoisotopic (exact) mass is 466 g/mol. The summed E-state index contributed by atoms with van der Waals surface area (Å²) in [7, 11) is 0. The van der Waals surface area contributed by atoms with E-state index in [2.05, 4.69) is 17.5 Å². The lowest BCUT2D eigenvalue weighted by Crippen LogP contribution is -2.45. The van der Waals surface area contributed by atoms with Crippen molar-refractivity contribution in [2.45, 2.75) is 45.1 Å². The molecule has 0 radical (unpaired) electrons. The summed E-state index contributed by atoms with van der Waals surface area (Å²) in [6, 6.07) is 26.3. The zero-order valence-corrected chi connectivity index (χ0v) is 19.9. The van der Waals surface area contributed by atoms with Crippen LogP contribution >= 0.6 is 0 Å². The van der Waals surface area contributed by atoms with Crippen LogP contribution in [0, 0.1) is 5.92 Å². The Labute approximate surface area is 204 Å². The Morgan fingerprint density at radius 1 is 0.829 bits per heavy atom. The molecule has 0 spiro atoms. The van der Waals surface area contributed by atoms with Gasteiger partial charge in [0.1, 0.15) is 0 Å². The summed E-state index contributed by atoms with van der Waals surface area (Å²) < 4.78 is 3.38. The summed E-state index contributed by atoms with van der Waals surface area (Å²) in [5.41, 5.74) is 4.90. The zero-order chi connectivity index (χ0) is 24.2. The van der Waals surface area contributed by atoms with Crippen molar-refractivity contribution in [3.8, 4) is 5.69 Å². The summed E-state index contributed by atoms with van der Waals surface area (Å²) in [4.78, 5) is 28.0. The maximum Gasteiger partial charge on any atom is 0.289 e. The lowest BCUT2D eigenvalue weighted by atomic mass is 9.99. The third kappa shape index (κ3) is 4.69. The van der Waals surface area contributed by atoms with Crippen LogP contribution in [0.25, 0.3) is 16.7 Å². The Balaban J connectivity index is 1.82. The number of anilines is 1. The van der Waals surface area contributed by atoms with E-state index in [0.29, 0.717) is 22.8 Å². The van der Waals surface area contributed by atoms with E-state index >= 15 is 0 Å². The highest BCUT2D eigenvalue weighted by atomic mass is 16.1. The SMILES string of the molecule is CC(CC1CCCC1)n1c(=O)/c(=N/Nc2ccccc2)c(=O)n(-c2ccccc2)c2ccccc21. The van der Waals surface area contributed by atoms with Crippen LogP contribution in [0.1, 0.15) is 45.1 Å². The molecule has 6 nitrogen and oxygen atoms in total. The number of hydrogen-bond acceptors (Lipinski definition) is 4. The van der Waals surface area contributed by atoms with E-state index in [1.807, 2.05) is 84.9 Å². The van der Waals surface area contributed by atoms with Crippen molar-refractivity contribution >= 4 is 16.7 Å². The number of para-hydroxylation sites is 4. The third-order valence-corrected chi connectivity index (χ3v) is 6.88. The van der Waals surface area contributed by atoms with Gasteiger partial charge in [0.15, 0.2) is 0 Å². The molecule has 1 atom stereocenters. The molecule has 1 aliphatic rings. The summed E-state index contributed by atoms with van der Waals surface area (Å²) in [6.07, 6.45) is 5.78. The number of fused-ring (bicyclic) bond motifs is 1. The van der Waals surface area contributed by atoms with Crippen molar-refractivity contribution in [3.05, 3.63) is 111 Å². The van der Waals surface area contributed by atoms with E-state index in [0.717, 1.165) is 11.9 Å². The number of hydrogen-bond donors (Lipinski definition) is 1. The molecule has 1 N–H and O–H groups in total. The highest BCUT2D eigenvalue weighted by Crippen LogP contribution is 2.32. The maximum atomic E-state index is 14.0. The molecule has 0 bridgehead atoms. The van der Waals surface area contributed by atoms with Crippen molar-refractivity contribution < 1.29 is 0 Å². The van der Waals surface area contributed by atoms with Crippen molar-refractivity contribution in [2.24, 2.45) is 11.0 Å². The highest BCUT2D eigenvalue weighted by molar-refractivity contribution is 5.76. The molecule has 35 heavy (non-hydrogen) atoms. The van der Waals surface area contributed by atoms with Gasteiger partial charge in [0.05, 0.1) is 16.7 Å². The van der Waals surface area contributed by atoms with Crippen LogP contribution in [-0.2, 0) is 0 Å². The minimum absolute atomic E-state index is 0.0720. The zero-order valence-electron chi connectivity index (χ0n) is 19.9.